The van der Waals surface area contributed by atoms with Gasteiger partial charge in [-0.25, -0.2) is 0 Å². The van der Waals surface area contributed by atoms with Crippen LogP contribution in [-0.2, 0) is 11.2 Å². The normalized spacial score (nSPS) is 10.6. The van der Waals surface area contributed by atoms with Gasteiger partial charge in [-0.2, -0.15) is 0 Å². The van der Waals surface area contributed by atoms with Crippen LogP contribution in [0.5, 0.6) is 0 Å². The number of aromatic nitrogens is 1. The molecule has 1 aromatic rings. The number of aliphatic carboxylic acids is 1. The Morgan fingerprint density at radius 3 is 2.62 bits per heavy atom. The monoisotopic (exact) mass is 222 g/mol. The molecule has 1 heterocycles. The molecule has 1 aromatic heterocycles. The van der Waals surface area contributed by atoms with Gasteiger partial charge in [-0.05, 0) is 30.7 Å². The molecule has 0 saturated carbocycles. The highest BCUT2D eigenvalue weighted by Crippen LogP contribution is 2.00. The van der Waals surface area contributed by atoms with E-state index in [2.05, 4.69) is 9.88 Å². The summed E-state index contributed by atoms with van der Waals surface area (Å²) in [5.74, 6) is -0.734. The SMILES string of the molecule is CCN(CCC(=O)O)CCc1ccncc1. The van der Waals surface area contributed by atoms with E-state index in [0.717, 1.165) is 19.5 Å². The summed E-state index contributed by atoms with van der Waals surface area (Å²) in [4.78, 5) is 16.6. The smallest absolute Gasteiger partial charge is 0.304 e. The van der Waals surface area contributed by atoms with E-state index in [9.17, 15) is 4.79 Å². The van der Waals surface area contributed by atoms with Crippen LogP contribution < -0.4 is 0 Å². The first-order valence-corrected chi connectivity index (χ1v) is 5.55. The highest BCUT2D eigenvalue weighted by atomic mass is 16.4. The number of likely N-dealkylation sites (N-methyl/N-ethyl adjacent to an activating group) is 1. The van der Waals surface area contributed by atoms with Gasteiger partial charge in [-0.15, -0.1) is 0 Å². The summed E-state index contributed by atoms with van der Waals surface area (Å²) in [7, 11) is 0. The first-order valence-electron chi connectivity index (χ1n) is 5.55. The maximum Gasteiger partial charge on any atom is 0.304 e. The molecule has 0 saturated heterocycles. The van der Waals surface area contributed by atoms with E-state index in [-0.39, 0.29) is 6.42 Å². The fraction of sp³-hybridized carbons (Fsp3) is 0.500. The van der Waals surface area contributed by atoms with Gasteiger partial charge in [0.1, 0.15) is 0 Å². The Morgan fingerprint density at radius 1 is 1.38 bits per heavy atom. The van der Waals surface area contributed by atoms with Crippen molar-refractivity contribution in [2.24, 2.45) is 0 Å². The second kappa shape index (κ2) is 6.95. The largest absolute Gasteiger partial charge is 0.481 e. The van der Waals surface area contributed by atoms with Crippen molar-refractivity contribution < 1.29 is 9.90 Å². The quantitative estimate of drug-likeness (QED) is 0.758. The van der Waals surface area contributed by atoms with Crippen LogP contribution in [0.4, 0.5) is 0 Å². The fourth-order valence-corrected chi connectivity index (χ4v) is 1.52. The molecule has 4 heteroatoms. The zero-order valence-corrected chi connectivity index (χ0v) is 9.59. The van der Waals surface area contributed by atoms with Crippen LogP contribution in [0.1, 0.15) is 18.9 Å². The summed E-state index contributed by atoms with van der Waals surface area (Å²) >= 11 is 0. The van der Waals surface area contributed by atoms with Crippen molar-refractivity contribution in [3.05, 3.63) is 30.1 Å². The first kappa shape index (κ1) is 12.6. The molecule has 0 radical (unpaired) electrons. The number of hydrogen-bond donors (Lipinski definition) is 1. The van der Waals surface area contributed by atoms with Gasteiger partial charge in [0.2, 0.25) is 0 Å². The Balaban J connectivity index is 2.31. The minimum Gasteiger partial charge on any atom is -0.481 e. The summed E-state index contributed by atoms with van der Waals surface area (Å²) in [6.07, 6.45) is 4.71. The van der Waals surface area contributed by atoms with Crippen LogP contribution in [0, 0.1) is 0 Å². The molecule has 0 bridgehead atoms. The number of carboxylic acids is 1. The Labute approximate surface area is 95.9 Å². The third kappa shape index (κ3) is 4.89. The summed E-state index contributed by atoms with van der Waals surface area (Å²) in [5, 5.41) is 8.61. The van der Waals surface area contributed by atoms with Gasteiger partial charge >= 0.3 is 5.97 Å². The third-order valence-corrected chi connectivity index (χ3v) is 2.56. The molecule has 0 aliphatic rings. The second-order valence-corrected chi connectivity index (χ2v) is 3.68. The summed E-state index contributed by atoms with van der Waals surface area (Å²) in [6, 6.07) is 3.98. The minimum absolute atomic E-state index is 0.212. The van der Waals surface area contributed by atoms with E-state index < -0.39 is 5.97 Å². The van der Waals surface area contributed by atoms with E-state index in [1.807, 2.05) is 19.1 Å². The lowest BCUT2D eigenvalue weighted by atomic mass is 10.2. The summed E-state index contributed by atoms with van der Waals surface area (Å²) in [5.41, 5.74) is 1.24. The predicted molar refractivity (Wildman–Crippen MR) is 62.3 cm³/mol. The van der Waals surface area contributed by atoms with Crippen LogP contribution in [0.3, 0.4) is 0 Å². The maximum absolute atomic E-state index is 10.5. The van der Waals surface area contributed by atoms with Crippen LogP contribution in [0.2, 0.25) is 0 Å². The molecule has 0 spiro atoms. The molecule has 0 aliphatic carbocycles. The van der Waals surface area contributed by atoms with Crippen molar-refractivity contribution in [1.82, 2.24) is 9.88 Å². The predicted octanol–water partition coefficient (Wildman–Crippen LogP) is 1.42. The number of nitrogens with zero attached hydrogens (tertiary/aromatic N) is 2. The van der Waals surface area contributed by atoms with Crippen LogP contribution >= 0.6 is 0 Å². The molecule has 1 rings (SSSR count). The molecule has 0 aromatic carbocycles. The Morgan fingerprint density at radius 2 is 2.06 bits per heavy atom. The van der Waals surface area contributed by atoms with Gasteiger partial charge in [0.15, 0.2) is 0 Å². The molecule has 16 heavy (non-hydrogen) atoms. The van der Waals surface area contributed by atoms with Gasteiger partial charge in [-0.1, -0.05) is 6.92 Å². The van der Waals surface area contributed by atoms with Gasteiger partial charge in [0, 0.05) is 25.5 Å². The zero-order chi connectivity index (χ0) is 11.8. The van der Waals surface area contributed by atoms with Gasteiger partial charge in [0.05, 0.1) is 6.42 Å². The lowest BCUT2D eigenvalue weighted by Gasteiger charge is -2.19. The van der Waals surface area contributed by atoms with Gasteiger partial charge < -0.3 is 10.0 Å². The van der Waals surface area contributed by atoms with E-state index in [0.29, 0.717) is 6.54 Å². The van der Waals surface area contributed by atoms with Crippen LogP contribution in [0.15, 0.2) is 24.5 Å². The highest BCUT2D eigenvalue weighted by molar-refractivity contribution is 5.66. The van der Waals surface area contributed by atoms with E-state index >= 15 is 0 Å². The number of carboxylic acid groups (broad SMARTS) is 1. The van der Waals surface area contributed by atoms with Crippen molar-refractivity contribution in [3.63, 3.8) is 0 Å². The lowest BCUT2D eigenvalue weighted by molar-refractivity contribution is -0.137. The average Bonchev–Trinajstić information content (AvgIpc) is 2.30. The van der Waals surface area contributed by atoms with Crippen LogP contribution in [0.25, 0.3) is 0 Å². The van der Waals surface area contributed by atoms with Crippen molar-refractivity contribution in [3.8, 4) is 0 Å². The van der Waals surface area contributed by atoms with Gasteiger partial charge in [0.25, 0.3) is 0 Å². The number of pyridine rings is 1. The third-order valence-electron chi connectivity index (χ3n) is 2.56. The molecule has 0 atom stereocenters. The Bertz CT molecular complexity index is 314. The van der Waals surface area contributed by atoms with Crippen LogP contribution in [-0.4, -0.2) is 40.6 Å². The topological polar surface area (TPSA) is 53.4 Å². The number of hydrogen-bond acceptors (Lipinski definition) is 3. The zero-order valence-electron chi connectivity index (χ0n) is 9.59. The summed E-state index contributed by atoms with van der Waals surface area (Å²) in [6.45, 7) is 4.46. The van der Waals surface area contributed by atoms with Crippen molar-refractivity contribution in [2.45, 2.75) is 19.8 Å². The first-order chi connectivity index (χ1) is 7.72. The molecular formula is C12H18N2O2. The minimum atomic E-state index is -0.734. The van der Waals surface area contributed by atoms with E-state index in [4.69, 9.17) is 5.11 Å². The standard InChI is InChI=1S/C12H18N2O2/c1-2-14(10-6-12(15)16)9-5-11-3-7-13-8-4-11/h3-4,7-8H,2,5-6,9-10H2,1H3,(H,15,16). The molecule has 4 nitrogen and oxygen atoms in total. The molecular weight excluding hydrogens is 204 g/mol. The van der Waals surface area contributed by atoms with Crippen molar-refractivity contribution >= 4 is 5.97 Å². The molecule has 0 aliphatic heterocycles. The van der Waals surface area contributed by atoms with Gasteiger partial charge in [-0.3, -0.25) is 9.78 Å². The Kier molecular flexibility index (Phi) is 5.50. The fourth-order valence-electron chi connectivity index (χ4n) is 1.52. The second-order valence-electron chi connectivity index (χ2n) is 3.68. The molecule has 0 fully saturated rings. The molecule has 1 N–H and O–H groups in total. The molecule has 0 amide bonds. The maximum atomic E-state index is 10.5. The van der Waals surface area contributed by atoms with Crippen molar-refractivity contribution in [2.75, 3.05) is 19.6 Å². The van der Waals surface area contributed by atoms with E-state index in [1.165, 1.54) is 5.56 Å². The average molecular weight is 222 g/mol. The summed E-state index contributed by atoms with van der Waals surface area (Å²) < 4.78 is 0. The number of carbonyl (C=O) groups is 1. The van der Waals surface area contributed by atoms with Crippen molar-refractivity contribution in [1.29, 1.82) is 0 Å². The lowest BCUT2D eigenvalue weighted by Crippen LogP contribution is -2.28. The van der Waals surface area contributed by atoms with E-state index in [1.54, 1.807) is 12.4 Å². The molecule has 0 unspecified atom stereocenters. The molecule has 88 valence electrons. The highest BCUT2D eigenvalue weighted by Gasteiger charge is 2.05. The number of rotatable bonds is 7. The Hall–Kier alpha value is -1.42.